The van der Waals surface area contributed by atoms with Crippen LogP contribution in [0, 0.1) is 0 Å². The second-order valence-electron chi connectivity index (χ2n) is 18.8. The van der Waals surface area contributed by atoms with E-state index in [1.165, 1.54) is 92.2 Å². The van der Waals surface area contributed by atoms with Crippen molar-refractivity contribution in [3.63, 3.8) is 0 Å². The van der Waals surface area contributed by atoms with Crippen LogP contribution in [0.1, 0.15) is 22.3 Å². The molecule has 0 fully saturated rings. The highest BCUT2D eigenvalue weighted by Gasteiger charge is 2.53. The Kier molecular flexibility index (Phi) is 8.74. The predicted molar refractivity (Wildman–Crippen MR) is 299 cm³/mol. The smallest absolute Gasteiger partial charge is 0.0726 e. The molecule has 0 saturated heterocycles. The van der Waals surface area contributed by atoms with Crippen LogP contribution in [0.4, 0.5) is 34.1 Å². The Balaban J connectivity index is 1.06. The highest BCUT2D eigenvalue weighted by molar-refractivity contribution is 7.27. The van der Waals surface area contributed by atoms with Gasteiger partial charge in [0.05, 0.1) is 16.4 Å². The van der Waals surface area contributed by atoms with Crippen LogP contribution in [0.25, 0.3) is 69.9 Å². The average Bonchev–Trinajstić information content (AvgIpc) is 4.16. The Morgan fingerprint density at radius 2 is 0.803 bits per heavy atom. The Hall–Kier alpha value is -8.96. The molecular weight excluding hydrogens is 879 g/mol. The summed E-state index contributed by atoms with van der Waals surface area (Å²) in [7, 11) is 0. The summed E-state index contributed by atoms with van der Waals surface area (Å²) in [4.78, 5) is 4.81. The molecule has 71 heavy (non-hydrogen) atoms. The Labute approximate surface area is 416 Å². The molecule has 1 atom stereocenters. The van der Waals surface area contributed by atoms with Gasteiger partial charge in [0.2, 0.25) is 0 Å². The topological polar surface area (TPSA) is 11.4 Å². The quantitative estimate of drug-likeness (QED) is 0.158. The van der Waals surface area contributed by atoms with E-state index in [9.17, 15) is 0 Å². The molecule has 0 radical (unpaired) electrons. The highest BCUT2D eigenvalue weighted by Crippen LogP contribution is 2.66. The van der Waals surface area contributed by atoms with Crippen molar-refractivity contribution in [2.75, 3.05) is 9.80 Å². The molecule has 2 aliphatic carbocycles. The first-order chi connectivity index (χ1) is 35.3. The van der Waals surface area contributed by atoms with Gasteiger partial charge >= 0.3 is 0 Å². The molecule has 11 aromatic carbocycles. The highest BCUT2D eigenvalue weighted by atomic mass is 32.1. The zero-order chi connectivity index (χ0) is 46.6. The van der Waals surface area contributed by atoms with Gasteiger partial charge in [-0.1, -0.05) is 164 Å². The van der Waals surface area contributed by atoms with Gasteiger partial charge in [-0.3, -0.25) is 0 Å². The lowest BCUT2D eigenvalue weighted by atomic mass is 9.70. The second-order valence-corrected chi connectivity index (χ2v) is 19.8. The van der Waals surface area contributed by atoms with Crippen LogP contribution in [0.2, 0.25) is 0 Å². The Bertz CT molecular complexity index is 4140. The van der Waals surface area contributed by atoms with Crippen molar-refractivity contribution in [2.45, 2.75) is 5.41 Å². The number of para-hydroxylation sites is 6. The number of fused-ring (bicyclic) bond motifs is 18. The molecular formula is C67H43N3S. The number of benzene rings is 11. The van der Waals surface area contributed by atoms with E-state index in [0.717, 1.165) is 34.1 Å². The monoisotopic (exact) mass is 921 g/mol. The summed E-state index contributed by atoms with van der Waals surface area (Å²) < 4.78 is 5.08. The Morgan fingerprint density at radius 1 is 0.310 bits per heavy atom. The third kappa shape index (κ3) is 5.71. The van der Waals surface area contributed by atoms with Gasteiger partial charge in [0.15, 0.2) is 0 Å². The third-order valence-corrected chi connectivity index (χ3v) is 16.4. The predicted octanol–water partition coefficient (Wildman–Crippen LogP) is 18.4. The first kappa shape index (κ1) is 40.0. The summed E-state index contributed by atoms with van der Waals surface area (Å²) in [5.41, 5.74) is 20.1. The summed E-state index contributed by atoms with van der Waals surface area (Å²) in [5, 5.41) is 5.16. The van der Waals surface area contributed by atoms with Gasteiger partial charge in [-0.15, -0.1) is 11.3 Å². The van der Waals surface area contributed by atoms with E-state index in [1.54, 1.807) is 0 Å². The van der Waals surface area contributed by atoms with Crippen molar-refractivity contribution in [1.82, 2.24) is 4.57 Å². The second kappa shape index (κ2) is 15.5. The molecule has 0 aliphatic heterocycles. The number of rotatable bonds is 7. The van der Waals surface area contributed by atoms with Gasteiger partial charge in [-0.05, 0) is 136 Å². The number of nitrogens with zero attached hydrogens (tertiary/aromatic N) is 3. The average molecular weight is 922 g/mol. The van der Waals surface area contributed by atoms with Crippen LogP contribution in [-0.2, 0) is 5.41 Å². The normalized spacial score (nSPS) is 14.3. The summed E-state index contributed by atoms with van der Waals surface area (Å²) in [5.74, 6) is 0. The largest absolute Gasteiger partial charge is 0.310 e. The molecule has 2 aliphatic rings. The summed E-state index contributed by atoms with van der Waals surface area (Å²) in [6.45, 7) is 0. The fourth-order valence-corrected chi connectivity index (χ4v) is 13.7. The maximum atomic E-state index is 2.50. The van der Waals surface area contributed by atoms with Crippen LogP contribution >= 0.6 is 11.3 Å². The molecule has 15 rings (SSSR count). The fourth-order valence-electron chi connectivity index (χ4n) is 12.3. The standard InChI is InChI=1S/C67H43N3S/c1-6-20-44(21-7-1)68(45-22-8-2-9-23-45)49-35-39-58-56(42-49)63-59(40-37-53-54-38-41-62-64(66(54)71-65(53)63)55-31-17-19-33-61(55)70(62)48-28-14-5-15-29-48)67(58)57-32-18-16-30-51(57)52-36-34-50(43-60(52)67)69(46-24-10-3-11-25-46)47-26-12-4-13-27-47/h1-43H. The maximum absolute atomic E-state index is 2.50. The van der Waals surface area contributed by atoms with E-state index < -0.39 is 5.41 Å². The van der Waals surface area contributed by atoms with Crippen molar-refractivity contribution in [3.05, 3.63) is 283 Å². The molecule has 2 aromatic heterocycles. The number of anilines is 6. The lowest BCUT2D eigenvalue weighted by Crippen LogP contribution is -2.26. The molecule has 1 unspecified atom stereocenters. The van der Waals surface area contributed by atoms with Gasteiger partial charge in [0, 0.05) is 76.3 Å². The van der Waals surface area contributed by atoms with Gasteiger partial charge < -0.3 is 14.4 Å². The van der Waals surface area contributed by atoms with Crippen LogP contribution < -0.4 is 9.80 Å². The van der Waals surface area contributed by atoms with Crippen molar-refractivity contribution in [3.8, 4) is 27.9 Å². The van der Waals surface area contributed by atoms with Crippen molar-refractivity contribution in [1.29, 1.82) is 0 Å². The zero-order valence-corrected chi connectivity index (χ0v) is 39.4. The van der Waals surface area contributed by atoms with E-state index >= 15 is 0 Å². The number of aromatic nitrogens is 1. The fraction of sp³-hybridized carbons (Fsp3) is 0.0149. The summed E-state index contributed by atoms with van der Waals surface area (Å²) >= 11 is 1.96. The lowest BCUT2D eigenvalue weighted by Gasteiger charge is -2.32. The minimum atomic E-state index is -0.600. The van der Waals surface area contributed by atoms with Gasteiger partial charge in [0.25, 0.3) is 0 Å². The molecule has 3 nitrogen and oxygen atoms in total. The lowest BCUT2D eigenvalue weighted by molar-refractivity contribution is 0.794. The van der Waals surface area contributed by atoms with Gasteiger partial charge in [-0.25, -0.2) is 0 Å². The van der Waals surface area contributed by atoms with Crippen LogP contribution in [0.15, 0.2) is 261 Å². The van der Waals surface area contributed by atoms with Gasteiger partial charge in [0.1, 0.15) is 0 Å². The van der Waals surface area contributed by atoms with E-state index in [4.69, 9.17) is 0 Å². The number of thiophene rings is 1. The minimum absolute atomic E-state index is 0.600. The van der Waals surface area contributed by atoms with Crippen molar-refractivity contribution in [2.24, 2.45) is 0 Å². The minimum Gasteiger partial charge on any atom is -0.310 e. The SMILES string of the molecule is c1ccc(N(c2ccccc2)c2ccc3c(c2)-c2c(ccc4c2sc2c4ccc4c2c2ccccc2n4-c2ccccc2)C32c3ccccc3-c3ccc(N(c4ccccc4)c4ccccc4)cc32)cc1. The third-order valence-electron chi connectivity index (χ3n) is 15.1. The number of hydrogen-bond acceptors (Lipinski definition) is 3. The molecule has 1 spiro atoms. The maximum Gasteiger partial charge on any atom is 0.0726 e. The molecule has 0 bridgehead atoms. The van der Waals surface area contributed by atoms with Crippen LogP contribution in [0.3, 0.4) is 0 Å². The molecule has 0 saturated carbocycles. The molecule has 13 aromatic rings. The van der Waals surface area contributed by atoms with Crippen molar-refractivity contribution >= 4 is 87.4 Å². The van der Waals surface area contributed by atoms with E-state index in [0.29, 0.717) is 0 Å². The number of hydrogen-bond donors (Lipinski definition) is 0. The van der Waals surface area contributed by atoms with Gasteiger partial charge in [-0.2, -0.15) is 0 Å². The van der Waals surface area contributed by atoms with E-state index in [1.807, 2.05) is 11.3 Å². The molecule has 2 heterocycles. The molecule has 4 heteroatoms. The van der Waals surface area contributed by atoms with Crippen LogP contribution in [-0.4, -0.2) is 4.57 Å². The van der Waals surface area contributed by atoms with E-state index in [2.05, 4.69) is 275 Å². The zero-order valence-electron chi connectivity index (χ0n) is 38.6. The summed E-state index contributed by atoms with van der Waals surface area (Å²) in [6.07, 6.45) is 0. The molecule has 0 N–H and O–H groups in total. The Morgan fingerprint density at radius 3 is 1.46 bits per heavy atom. The van der Waals surface area contributed by atoms with E-state index in [-0.39, 0.29) is 0 Å². The van der Waals surface area contributed by atoms with Crippen LogP contribution in [0.5, 0.6) is 0 Å². The molecule has 332 valence electrons. The first-order valence-corrected chi connectivity index (χ1v) is 25.2. The molecule has 0 amide bonds. The van der Waals surface area contributed by atoms with Crippen molar-refractivity contribution < 1.29 is 0 Å². The summed E-state index contributed by atoms with van der Waals surface area (Å²) in [6, 6.07) is 96.3. The first-order valence-electron chi connectivity index (χ1n) is 24.4.